The molecule has 23 heavy (non-hydrogen) atoms. The molecule has 0 radical (unpaired) electrons. The van der Waals surface area contributed by atoms with Gasteiger partial charge in [0.25, 0.3) is 0 Å². The fourth-order valence-corrected chi connectivity index (χ4v) is 2.60. The number of ether oxygens (including phenoxy) is 2. The van der Waals surface area contributed by atoms with Crippen LogP contribution in [-0.4, -0.2) is 69.7 Å². The van der Waals surface area contributed by atoms with Gasteiger partial charge in [0.1, 0.15) is 11.5 Å². The number of hydrogen-bond donors (Lipinski definition) is 1. The average molecular weight is 344 g/mol. The number of carbonyl (C=O) groups is 1. The molecule has 1 aromatic rings. The molecule has 0 spiro atoms. The predicted molar refractivity (Wildman–Crippen MR) is 92.6 cm³/mol. The highest BCUT2D eigenvalue weighted by Gasteiger charge is 2.18. The molecule has 1 aliphatic rings. The molecule has 1 N–H and O–H groups in total. The van der Waals surface area contributed by atoms with Crippen LogP contribution in [0.5, 0.6) is 11.5 Å². The van der Waals surface area contributed by atoms with Crippen molar-refractivity contribution in [2.75, 3.05) is 54.0 Å². The summed E-state index contributed by atoms with van der Waals surface area (Å²) in [6, 6.07) is 5.71. The number of amides is 1. The maximum Gasteiger partial charge on any atom is 0.236 e. The quantitative estimate of drug-likeness (QED) is 0.835. The molecule has 1 saturated heterocycles. The van der Waals surface area contributed by atoms with E-state index in [0.717, 1.165) is 43.2 Å². The number of methoxy groups -OCH3 is 2. The first-order valence-corrected chi connectivity index (χ1v) is 7.52. The van der Waals surface area contributed by atoms with Gasteiger partial charge in [-0.15, -0.1) is 12.4 Å². The first-order valence-electron chi connectivity index (χ1n) is 7.52. The number of benzene rings is 1. The minimum absolute atomic E-state index is 0. The molecule has 1 fully saturated rings. The van der Waals surface area contributed by atoms with E-state index in [1.165, 1.54) is 0 Å². The molecule has 1 heterocycles. The van der Waals surface area contributed by atoms with Crippen molar-refractivity contribution < 1.29 is 14.3 Å². The van der Waals surface area contributed by atoms with Crippen molar-refractivity contribution in [2.24, 2.45) is 0 Å². The molecule has 0 bridgehead atoms. The molecule has 0 saturated carbocycles. The standard InChI is InChI=1S/C16H25N3O3.ClH/c1-18(12-16(20)19-8-6-17-7-9-19)11-13-10-14(21-2)4-5-15(13)22-3;/h4-5,10,17H,6-9,11-12H2,1-3H3;1H. The molecule has 7 heteroatoms. The number of likely N-dealkylation sites (N-methyl/N-ethyl adjacent to an activating group) is 1. The molecule has 6 nitrogen and oxygen atoms in total. The lowest BCUT2D eigenvalue weighted by Gasteiger charge is -2.29. The summed E-state index contributed by atoms with van der Waals surface area (Å²) < 4.78 is 10.6. The molecule has 0 atom stereocenters. The van der Waals surface area contributed by atoms with E-state index in [-0.39, 0.29) is 18.3 Å². The van der Waals surface area contributed by atoms with E-state index in [1.807, 2.05) is 35.0 Å². The number of piperazine rings is 1. The first kappa shape index (κ1) is 19.5. The summed E-state index contributed by atoms with van der Waals surface area (Å²) in [5.41, 5.74) is 1.01. The second-order valence-electron chi connectivity index (χ2n) is 5.48. The SMILES string of the molecule is COc1ccc(OC)c(CN(C)CC(=O)N2CCNCC2)c1.Cl. The summed E-state index contributed by atoms with van der Waals surface area (Å²) in [4.78, 5) is 16.2. The lowest BCUT2D eigenvalue weighted by atomic mass is 10.1. The Morgan fingerprint density at radius 1 is 1.26 bits per heavy atom. The van der Waals surface area contributed by atoms with Crippen LogP contribution in [0.3, 0.4) is 0 Å². The third-order valence-electron chi connectivity index (χ3n) is 3.80. The highest BCUT2D eigenvalue weighted by atomic mass is 35.5. The summed E-state index contributed by atoms with van der Waals surface area (Å²) in [6.45, 7) is 4.36. The first-order chi connectivity index (χ1) is 10.6. The smallest absolute Gasteiger partial charge is 0.236 e. The monoisotopic (exact) mass is 343 g/mol. The Balaban J connectivity index is 0.00000264. The summed E-state index contributed by atoms with van der Waals surface area (Å²) in [7, 11) is 5.24. The zero-order chi connectivity index (χ0) is 15.9. The van der Waals surface area contributed by atoms with E-state index in [1.54, 1.807) is 14.2 Å². The Kier molecular flexibility index (Phi) is 8.16. The van der Waals surface area contributed by atoms with Gasteiger partial charge in [0, 0.05) is 38.3 Å². The second-order valence-corrected chi connectivity index (χ2v) is 5.48. The number of carbonyl (C=O) groups excluding carboxylic acids is 1. The van der Waals surface area contributed by atoms with E-state index in [2.05, 4.69) is 5.32 Å². The van der Waals surface area contributed by atoms with Gasteiger partial charge in [0.2, 0.25) is 5.91 Å². The molecular weight excluding hydrogens is 318 g/mol. The zero-order valence-corrected chi connectivity index (χ0v) is 14.8. The maximum absolute atomic E-state index is 12.3. The summed E-state index contributed by atoms with van der Waals surface area (Å²) in [6.07, 6.45) is 0. The summed E-state index contributed by atoms with van der Waals surface area (Å²) in [5, 5.41) is 3.25. The van der Waals surface area contributed by atoms with Gasteiger partial charge >= 0.3 is 0 Å². The maximum atomic E-state index is 12.3. The van der Waals surface area contributed by atoms with Gasteiger partial charge in [-0.25, -0.2) is 0 Å². The van der Waals surface area contributed by atoms with Gasteiger partial charge in [-0.1, -0.05) is 0 Å². The van der Waals surface area contributed by atoms with Crippen molar-refractivity contribution in [3.8, 4) is 11.5 Å². The Morgan fingerprint density at radius 3 is 2.57 bits per heavy atom. The van der Waals surface area contributed by atoms with Crippen LogP contribution in [0.15, 0.2) is 18.2 Å². The van der Waals surface area contributed by atoms with Crippen LogP contribution in [0, 0.1) is 0 Å². The largest absolute Gasteiger partial charge is 0.497 e. The fourth-order valence-electron chi connectivity index (χ4n) is 2.60. The highest BCUT2D eigenvalue weighted by Crippen LogP contribution is 2.24. The molecule has 130 valence electrons. The number of rotatable bonds is 6. The van der Waals surface area contributed by atoms with Crippen LogP contribution in [0.1, 0.15) is 5.56 Å². The van der Waals surface area contributed by atoms with Crippen molar-refractivity contribution in [1.29, 1.82) is 0 Å². The molecule has 0 unspecified atom stereocenters. The number of nitrogens with zero attached hydrogens (tertiary/aromatic N) is 2. The van der Waals surface area contributed by atoms with E-state index >= 15 is 0 Å². The van der Waals surface area contributed by atoms with Crippen LogP contribution in [0.4, 0.5) is 0 Å². The van der Waals surface area contributed by atoms with Crippen LogP contribution < -0.4 is 14.8 Å². The number of nitrogens with one attached hydrogen (secondary N) is 1. The van der Waals surface area contributed by atoms with Gasteiger partial charge in [-0.05, 0) is 25.2 Å². The van der Waals surface area contributed by atoms with Crippen LogP contribution >= 0.6 is 12.4 Å². The van der Waals surface area contributed by atoms with Crippen molar-refractivity contribution in [3.05, 3.63) is 23.8 Å². The van der Waals surface area contributed by atoms with Crippen molar-refractivity contribution in [3.63, 3.8) is 0 Å². The molecule has 0 aliphatic carbocycles. The zero-order valence-electron chi connectivity index (χ0n) is 14.0. The normalized spacial score (nSPS) is 14.3. The van der Waals surface area contributed by atoms with Crippen molar-refractivity contribution in [2.45, 2.75) is 6.54 Å². The molecule has 1 amide bonds. The summed E-state index contributed by atoms with van der Waals surface area (Å²) in [5.74, 6) is 1.77. The average Bonchev–Trinajstić information content (AvgIpc) is 2.55. The van der Waals surface area contributed by atoms with Crippen molar-refractivity contribution >= 4 is 18.3 Å². The van der Waals surface area contributed by atoms with Gasteiger partial charge in [-0.2, -0.15) is 0 Å². The van der Waals surface area contributed by atoms with E-state index in [4.69, 9.17) is 9.47 Å². The Labute approximate surface area is 144 Å². The molecule has 1 aliphatic heterocycles. The third kappa shape index (κ3) is 5.57. The Bertz CT molecular complexity index is 507. The Morgan fingerprint density at radius 2 is 1.96 bits per heavy atom. The fraction of sp³-hybridized carbons (Fsp3) is 0.562. The molecule has 0 aromatic heterocycles. The molecule has 1 aromatic carbocycles. The van der Waals surface area contributed by atoms with Crippen LogP contribution in [0.25, 0.3) is 0 Å². The van der Waals surface area contributed by atoms with Crippen molar-refractivity contribution in [1.82, 2.24) is 15.1 Å². The van der Waals surface area contributed by atoms with Gasteiger partial charge < -0.3 is 19.7 Å². The number of hydrogen-bond acceptors (Lipinski definition) is 5. The molecule has 2 rings (SSSR count). The summed E-state index contributed by atoms with van der Waals surface area (Å²) >= 11 is 0. The van der Waals surface area contributed by atoms with E-state index in [9.17, 15) is 4.79 Å². The van der Waals surface area contributed by atoms with Gasteiger partial charge in [0.05, 0.1) is 20.8 Å². The van der Waals surface area contributed by atoms with Crippen LogP contribution in [-0.2, 0) is 11.3 Å². The lowest BCUT2D eigenvalue weighted by molar-refractivity contribution is -0.132. The minimum atomic E-state index is 0. The topological polar surface area (TPSA) is 54.0 Å². The van der Waals surface area contributed by atoms with Gasteiger partial charge in [0.15, 0.2) is 0 Å². The van der Waals surface area contributed by atoms with Crippen LogP contribution in [0.2, 0.25) is 0 Å². The number of halogens is 1. The second kappa shape index (κ2) is 9.60. The predicted octanol–water partition coefficient (Wildman–Crippen LogP) is 0.989. The van der Waals surface area contributed by atoms with E-state index in [0.29, 0.717) is 13.1 Å². The molecular formula is C16H26ClN3O3. The third-order valence-corrected chi connectivity index (χ3v) is 3.80. The minimum Gasteiger partial charge on any atom is -0.497 e. The highest BCUT2D eigenvalue weighted by molar-refractivity contribution is 5.85. The Hall–Kier alpha value is -1.50. The van der Waals surface area contributed by atoms with Gasteiger partial charge in [-0.3, -0.25) is 9.69 Å². The van der Waals surface area contributed by atoms with E-state index < -0.39 is 0 Å². The lowest BCUT2D eigenvalue weighted by Crippen LogP contribution is -2.49.